The van der Waals surface area contributed by atoms with Crippen molar-refractivity contribution >= 4 is 11.6 Å². The van der Waals surface area contributed by atoms with Gasteiger partial charge in [0.2, 0.25) is 5.91 Å². The maximum Gasteiger partial charge on any atom is 0.223 e. The summed E-state index contributed by atoms with van der Waals surface area (Å²) in [6.07, 6.45) is -0.118. The maximum atomic E-state index is 13.8. The molecule has 6 nitrogen and oxygen atoms in total. The van der Waals surface area contributed by atoms with Crippen LogP contribution in [0, 0.1) is 5.82 Å². The van der Waals surface area contributed by atoms with Crippen LogP contribution in [0.4, 0.5) is 10.1 Å². The largest absolute Gasteiger partial charge is 0.380 e. The summed E-state index contributed by atoms with van der Waals surface area (Å²) in [5, 5.41) is 2.93. The molecule has 1 aromatic rings. The number of hydrogen-bond donors (Lipinski definition) is 2. The van der Waals surface area contributed by atoms with E-state index in [4.69, 9.17) is 10.5 Å². The number of likely N-dealkylation sites (N-methyl/N-ethyl adjacent to an activating group) is 1. The highest BCUT2D eigenvalue weighted by molar-refractivity contribution is 5.77. The predicted octanol–water partition coefficient (Wildman–Crippen LogP) is 1.12. The van der Waals surface area contributed by atoms with Gasteiger partial charge in [-0.3, -0.25) is 4.79 Å². The summed E-state index contributed by atoms with van der Waals surface area (Å²) >= 11 is 0. The summed E-state index contributed by atoms with van der Waals surface area (Å²) in [5.41, 5.74) is 7.33. The lowest BCUT2D eigenvalue weighted by molar-refractivity contribution is -0.124. The summed E-state index contributed by atoms with van der Waals surface area (Å²) in [6, 6.07) is 4.49. The van der Waals surface area contributed by atoms with Crippen LogP contribution in [0.2, 0.25) is 0 Å². The Morgan fingerprint density at radius 2 is 2.04 bits per heavy atom. The van der Waals surface area contributed by atoms with E-state index in [1.165, 1.54) is 19.2 Å². The quantitative estimate of drug-likeness (QED) is 0.769. The molecule has 25 heavy (non-hydrogen) atoms. The van der Waals surface area contributed by atoms with Crippen LogP contribution in [-0.2, 0) is 9.53 Å². The van der Waals surface area contributed by atoms with Crippen molar-refractivity contribution in [2.45, 2.75) is 25.5 Å². The van der Waals surface area contributed by atoms with E-state index in [0.29, 0.717) is 0 Å². The summed E-state index contributed by atoms with van der Waals surface area (Å²) in [5.74, 6) is -0.455. The number of amides is 1. The highest BCUT2D eigenvalue weighted by Gasteiger charge is 2.22. The van der Waals surface area contributed by atoms with Crippen molar-refractivity contribution in [3.63, 3.8) is 0 Å². The van der Waals surface area contributed by atoms with E-state index in [1.54, 1.807) is 6.07 Å². The van der Waals surface area contributed by atoms with Crippen LogP contribution in [0.1, 0.15) is 24.9 Å². The van der Waals surface area contributed by atoms with Gasteiger partial charge in [0.1, 0.15) is 5.82 Å². The normalized spacial score (nSPS) is 18.0. The van der Waals surface area contributed by atoms with E-state index in [2.05, 4.69) is 22.2 Å². The molecule has 0 saturated carbocycles. The van der Waals surface area contributed by atoms with Crippen molar-refractivity contribution in [3.8, 4) is 0 Å². The average molecular weight is 352 g/mol. The van der Waals surface area contributed by atoms with Gasteiger partial charge in [-0.1, -0.05) is 0 Å². The Morgan fingerprint density at radius 1 is 1.36 bits per heavy atom. The van der Waals surface area contributed by atoms with Gasteiger partial charge in [0.25, 0.3) is 0 Å². The number of carbonyl (C=O) groups is 1. The summed E-state index contributed by atoms with van der Waals surface area (Å²) in [6.45, 7) is 5.85. The molecular formula is C18H29FN4O2. The zero-order valence-electron chi connectivity index (χ0n) is 15.3. The van der Waals surface area contributed by atoms with Gasteiger partial charge in [-0.2, -0.15) is 0 Å². The Balaban J connectivity index is 2.11. The lowest BCUT2D eigenvalue weighted by Crippen LogP contribution is -2.45. The van der Waals surface area contributed by atoms with Crippen LogP contribution in [0.3, 0.4) is 0 Å². The van der Waals surface area contributed by atoms with E-state index < -0.39 is 0 Å². The molecule has 140 valence electrons. The van der Waals surface area contributed by atoms with Gasteiger partial charge >= 0.3 is 0 Å². The van der Waals surface area contributed by atoms with Crippen LogP contribution in [-0.4, -0.2) is 63.8 Å². The standard InChI is InChI=1S/C18H29FN4O2/c1-13(21-18(24)11-15(12-20)25-3)16-10-14(19)4-5-17(16)23-8-6-22(2)7-9-23/h4-5,10,13,15H,6-9,11-12,20H2,1-3H3,(H,21,24). The van der Waals surface area contributed by atoms with Crippen molar-refractivity contribution in [3.05, 3.63) is 29.6 Å². The summed E-state index contributed by atoms with van der Waals surface area (Å²) in [4.78, 5) is 16.7. The van der Waals surface area contributed by atoms with Crippen molar-refractivity contribution in [2.24, 2.45) is 5.73 Å². The number of nitrogens with two attached hydrogens (primary N) is 1. The monoisotopic (exact) mass is 352 g/mol. The molecule has 3 N–H and O–H groups in total. The second-order valence-corrected chi connectivity index (χ2v) is 6.58. The minimum absolute atomic E-state index is 0.154. The van der Waals surface area contributed by atoms with Gasteiger partial charge in [-0.25, -0.2) is 4.39 Å². The number of halogens is 1. The second kappa shape index (κ2) is 9.12. The smallest absolute Gasteiger partial charge is 0.223 e. The molecule has 1 aromatic carbocycles. The Bertz CT molecular complexity index is 572. The molecular weight excluding hydrogens is 323 g/mol. The zero-order chi connectivity index (χ0) is 18.4. The first-order valence-corrected chi connectivity index (χ1v) is 8.69. The molecule has 0 aliphatic carbocycles. The van der Waals surface area contributed by atoms with Gasteiger partial charge in [0.15, 0.2) is 0 Å². The van der Waals surface area contributed by atoms with Gasteiger partial charge in [0.05, 0.1) is 18.6 Å². The van der Waals surface area contributed by atoms with Crippen molar-refractivity contribution in [1.29, 1.82) is 0 Å². The van der Waals surface area contributed by atoms with E-state index in [0.717, 1.165) is 37.4 Å². The highest BCUT2D eigenvalue weighted by atomic mass is 19.1. The second-order valence-electron chi connectivity index (χ2n) is 6.58. The van der Waals surface area contributed by atoms with Crippen LogP contribution >= 0.6 is 0 Å². The van der Waals surface area contributed by atoms with E-state index >= 15 is 0 Å². The number of ether oxygens (including phenoxy) is 1. The molecule has 1 fully saturated rings. The first kappa shape index (κ1) is 19.6. The van der Waals surface area contributed by atoms with E-state index in [1.807, 2.05) is 6.92 Å². The number of piperazine rings is 1. The van der Waals surface area contributed by atoms with Crippen LogP contribution in [0.15, 0.2) is 18.2 Å². The number of nitrogens with zero attached hydrogens (tertiary/aromatic N) is 2. The molecule has 1 amide bonds. The average Bonchev–Trinajstić information content (AvgIpc) is 2.60. The van der Waals surface area contributed by atoms with Gasteiger partial charge < -0.3 is 25.6 Å². The van der Waals surface area contributed by atoms with Gasteiger partial charge in [-0.05, 0) is 32.2 Å². The molecule has 1 saturated heterocycles. The molecule has 0 radical (unpaired) electrons. The molecule has 1 heterocycles. The number of hydrogen-bond acceptors (Lipinski definition) is 5. The molecule has 1 aliphatic rings. The molecule has 2 unspecified atom stereocenters. The Morgan fingerprint density at radius 3 is 2.64 bits per heavy atom. The topological polar surface area (TPSA) is 70.8 Å². The third-order valence-corrected chi connectivity index (χ3v) is 4.69. The number of anilines is 1. The summed E-state index contributed by atoms with van der Waals surface area (Å²) in [7, 11) is 3.63. The fraction of sp³-hybridized carbons (Fsp3) is 0.611. The zero-order valence-corrected chi connectivity index (χ0v) is 15.3. The van der Waals surface area contributed by atoms with Gasteiger partial charge in [0, 0.05) is 51.1 Å². The van der Waals surface area contributed by atoms with Crippen LogP contribution in [0.25, 0.3) is 0 Å². The fourth-order valence-corrected chi connectivity index (χ4v) is 3.06. The Kier molecular flexibility index (Phi) is 7.16. The number of nitrogens with one attached hydrogen (secondary N) is 1. The van der Waals surface area contributed by atoms with Crippen LogP contribution in [0.5, 0.6) is 0 Å². The van der Waals surface area contributed by atoms with E-state index in [-0.39, 0.29) is 36.8 Å². The lowest BCUT2D eigenvalue weighted by Gasteiger charge is -2.36. The Hall–Kier alpha value is -1.70. The maximum absolute atomic E-state index is 13.8. The molecule has 2 atom stereocenters. The first-order valence-electron chi connectivity index (χ1n) is 8.69. The molecule has 1 aliphatic heterocycles. The minimum Gasteiger partial charge on any atom is -0.380 e. The van der Waals surface area contributed by atoms with Crippen LogP contribution < -0.4 is 16.0 Å². The minimum atomic E-state index is -0.309. The molecule has 0 aromatic heterocycles. The lowest BCUT2D eigenvalue weighted by atomic mass is 10.0. The predicted molar refractivity (Wildman–Crippen MR) is 97.1 cm³/mol. The number of methoxy groups -OCH3 is 1. The number of benzene rings is 1. The number of carbonyl (C=O) groups excluding carboxylic acids is 1. The third kappa shape index (κ3) is 5.39. The van der Waals surface area contributed by atoms with Crippen molar-refractivity contribution in [2.75, 3.05) is 51.8 Å². The molecule has 7 heteroatoms. The number of rotatable bonds is 7. The SMILES string of the molecule is COC(CN)CC(=O)NC(C)c1cc(F)ccc1N1CCN(C)CC1. The molecule has 0 bridgehead atoms. The third-order valence-electron chi connectivity index (χ3n) is 4.69. The van der Waals surface area contributed by atoms with E-state index in [9.17, 15) is 9.18 Å². The molecule has 0 spiro atoms. The first-order chi connectivity index (χ1) is 11.9. The molecule has 2 rings (SSSR count). The van der Waals surface area contributed by atoms with Crippen molar-refractivity contribution < 1.29 is 13.9 Å². The highest BCUT2D eigenvalue weighted by Crippen LogP contribution is 2.28. The Labute approximate surface area is 149 Å². The van der Waals surface area contributed by atoms with Gasteiger partial charge in [-0.15, -0.1) is 0 Å². The van der Waals surface area contributed by atoms with Crippen molar-refractivity contribution in [1.82, 2.24) is 10.2 Å². The fourth-order valence-electron chi connectivity index (χ4n) is 3.06. The summed E-state index contributed by atoms with van der Waals surface area (Å²) < 4.78 is 19.0.